The van der Waals surface area contributed by atoms with E-state index < -0.39 is 18.0 Å². The molecule has 0 aliphatic rings. The fourth-order valence-electron chi connectivity index (χ4n) is 1.82. The Morgan fingerprint density at radius 3 is 2.50 bits per heavy atom. The highest BCUT2D eigenvalue weighted by Crippen LogP contribution is 2.14. The van der Waals surface area contributed by atoms with Crippen LogP contribution in [0.25, 0.3) is 0 Å². The number of urea groups is 1. The normalized spacial score (nSPS) is 11.8. The second-order valence-corrected chi connectivity index (χ2v) is 4.16. The molecule has 0 aliphatic carbocycles. The summed E-state index contributed by atoms with van der Waals surface area (Å²) in [6.07, 6.45) is 1.55. The molecule has 1 aromatic heterocycles. The Balaban J connectivity index is 2.11. The molecule has 104 valence electrons. The molecule has 1 aromatic carbocycles. The largest absolute Gasteiger partial charge is 0.468 e. The van der Waals surface area contributed by atoms with Crippen LogP contribution in [0.5, 0.6) is 0 Å². The summed E-state index contributed by atoms with van der Waals surface area (Å²) in [5.41, 5.74) is 5.72. The highest BCUT2D eigenvalue weighted by molar-refractivity contribution is 5.96. The van der Waals surface area contributed by atoms with Gasteiger partial charge in [-0.25, -0.2) is 4.79 Å². The van der Waals surface area contributed by atoms with Crippen LogP contribution in [0, 0.1) is 0 Å². The second-order valence-electron chi connectivity index (χ2n) is 4.16. The first-order chi connectivity index (χ1) is 9.66. The maximum absolute atomic E-state index is 12.0. The number of benzene rings is 1. The van der Waals surface area contributed by atoms with E-state index in [2.05, 4.69) is 10.6 Å². The van der Waals surface area contributed by atoms with E-state index in [0.717, 1.165) is 5.56 Å². The molecular formula is C14H15N3O3. The van der Waals surface area contributed by atoms with Gasteiger partial charge in [0.1, 0.15) is 11.8 Å². The number of nitrogens with one attached hydrogen (secondary N) is 2. The van der Waals surface area contributed by atoms with Crippen molar-refractivity contribution in [1.82, 2.24) is 10.6 Å². The van der Waals surface area contributed by atoms with Gasteiger partial charge in [-0.3, -0.25) is 15.4 Å². The van der Waals surface area contributed by atoms with Gasteiger partial charge < -0.3 is 10.2 Å². The summed E-state index contributed by atoms with van der Waals surface area (Å²) < 4.78 is 5.19. The number of primary amides is 1. The van der Waals surface area contributed by atoms with Gasteiger partial charge in [0, 0.05) is 0 Å². The highest BCUT2D eigenvalue weighted by atomic mass is 16.3. The predicted octanol–water partition coefficient (Wildman–Crippen LogP) is 1.31. The van der Waals surface area contributed by atoms with Crippen molar-refractivity contribution in [2.75, 3.05) is 0 Å². The number of furan rings is 1. The molecule has 4 N–H and O–H groups in total. The zero-order valence-electron chi connectivity index (χ0n) is 10.7. The lowest BCUT2D eigenvalue weighted by molar-refractivity contribution is -0.122. The van der Waals surface area contributed by atoms with Crippen LogP contribution in [0.1, 0.15) is 17.4 Å². The van der Waals surface area contributed by atoms with Crippen molar-refractivity contribution >= 4 is 11.9 Å². The third-order valence-electron chi connectivity index (χ3n) is 2.70. The van der Waals surface area contributed by atoms with Gasteiger partial charge >= 0.3 is 6.03 Å². The van der Waals surface area contributed by atoms with Crippen LogP contribution in [0.3, 0.4) is 0 Å². The number of imide groups is 1. The highest BCUT2D eigenvalue weighted by Gasteiger charge is 2.21. The van der Waals surface area contributed by atoms with E-state index in [4.69, 9.17) is 10.2 Å². The number of amides is 3. The first kappa shape index (κ1) is 13.8. The topological polar surface area (TPSA) is 97.4 Å². The average Bonchev–Trinajstić information content (AvgIpc) is 2.92. The zero-order chi connectivity index (χ0) is 14.4. The molecule has 6 heteroatoms. The minimum Gasteiger partial charge on any atom is -0.468 e. The number of carbonyl (C=O) groups is 2. The van der Waals surface area contributed by atoms with E-state index in [1.807, 2.05) is 18.2 Å². The van der Waals surface area contributed by atoms with Crippen LogP contribution in [0.15, 0.2) is 53.1 Å². The summed E-state index contributed by atoms with van der Waals surface area (Å²) in [6, 6.07) is 11.0. The molecule has 0 unspecified atom stereocenters. The smallest absolute Gasteiger partial charge is 0.318 e. The molecule has 2 aromatic rings. The summed E-state index contributed by atoms with van der Waals surface area (Å²) in [5.74, 6) is 0.188. The Labute approximate surface area is 116 Å². The summed E-state index contributed by atoms with van der Waals surface area (Å²) in [5, 5.41) is 5.11. The minimum absolute atomic E-state index is 0.360. The van der Waals surface area contributed by atoms with Gasteiger partial charge in [-0.15, -0.1) is 0 Å². The third kappa shape index (κ3) is 3.69. The first-order valence-electron chi connectivity index (χ1n) is 6.08. The van der Waals surface area contributed by atoms with E-state index in [1.165, 1.54) is 0 Å². The van der Waals surface area contributed by atoms with Crippen molar-refractivity contribution in [2.45, 2.75) is 12.6 Å². The summed E-state index contributed by atoms with van der Waals surface area (Å²) >= 11 is 0. The lowest BCUT2D eigenvalue weighted by atomic mass is 10.1. The minimum atomic E-state index is -0.879. The van der Waals surface area contributed by atoms with Gasteiger partial charge in [0.15, 0.2) is 0 Å². The summed E-state index contributed by atoms with van der Waals surface area (Å²) in [6.45, 7) is 0.360. The van der Waals surface area contributed by atoms with Crippen molar-refractivity contribution in [3.05, 3.63) is 60.1 Å². The summed E-state index contributed by atoms with van der Waals surface area (Å²) in [4.78, 5) is 22.8. The van der Waals surface area contributed by atoms with E-state index in [1.54, 1.807) is 30.5 Å². The molecule has 3 amide bonds. The van der Waals surface area contributed by atoms with Crippen molar-refractivity contribution in [1.29, 1.82) is 0 Å². The Morgan fingerprint density at radius 2 is 1.90 bits per heavy atom. The van der Waals surface area contributed by atoms with E-state index in [0.29, 0.717) is 12.3 Å². The number of hydrogen-bond donors (Lipinski definition) is 3. The monoisotopic (exact) mass is 273 g/mol. The Morgan fingerprint density at radius 1 is 1.15 bits per heavy atom. The standard InChI is InChI=1S/C14H15N3O3/c15-14(19)17-13(18)12(10-5-2-1-3-6-10)16-9-11-7-4-8-20-11/h1-8,12,16H,9H2,(H3,15,17,18,19)/t12-/m0/s1. The predicted molar refractivity (Wildman–Crippen MR) is 72.5 cm³/mol. The molecule has 1 heterocycles. The van der Waals surface area contributed by atoms with Crippen molar-refractivity contribution in [3.8, 4) is 0 Å². The molecule has 0 radical (unpaired) electrons. The Kier molecular flexibility index (Phi) is 4.52. The van der Waals surface area contributed by atoms with Gasteiger partial charge in [0.25, 0.3) is 0 Å². The number of nitrogens with two attached hydrogens (primary N) is 1. The molecule has 0 saturated carbocycles. The number of carbonyl (C=O) groups excluding carboxylic acids is 2. The van der Waals surface area contributed by atoms with E-state index in [-0.39, 0.29) is 0 Å². The molecule has 0 bridgehead atoms. The third-order valence-corrected chi connectivity index (χ3v) is 2.70. The zero-order valence-corrected chi connectivity index (χ0v) is 10.7. The molecule has 0 saturated heterocycles. The lowest BCUT2D eigenvalue weighted by Crippen LogP contribution is -2.42. The molecule has 2 rings (SSSR count). The second kappa shape index (κ2) is 6.53. The van der Waals surface area contributed by atoms with Gasteiger partial charge in [0.2, 0.25) is 5.91 Å². The van der Waals surface area contributed by atoms with Crippen LogP contribution in [-0.2, 0) is 11.3 Å². The molecule has 1 atom stereocenters. The van der Waals surface area contributed by atoms with Gasteiger partial charge in [0.05, 0.1) is 12.8 Å². The summed E-state index contributed by atoms with van der Waals surface area (Å²) in [7, 11) is 0. The van der Waals surface area contributed by atoms with Crippen LogP contribution in [0.2, 0.25) is 0 Å². The molecular weight excluding hydrogens is 258 g/mol. The molecule has 20 heavy (non-hydrogen) atoms. The average molecular weight is 273 g/mol. The van der Waals surface area contributed by atoms with Gasteiger partial charge in [-0.05, 0) is 17.7 Å². The van der Waals surface area contributed by atoms with Crippen LogP contribution in [-0.4, -0.2) is 11.9 Å². The first-order valence-corrected chi connectivity index (χ1v) is 6.08. The molecule has 0 fully saturated rings. The van der Waals surface area contributed by atoms with Crippen LogP contribution >= 0.6 is 0 Å². The van der Waals surface area contributed by atoms with Crippen molar-refractivity contribution < 1.29 is 14.0 Å². The van der Waals surface area contributed by atoms with E-state index in [9.17, 15) is 9.59 Å². The number of rotatable bonds is 5. The fourth-order valence-corrected chi connectivity index (χ4v) is 1.82. The van der Waals surface area contributed by atoms with Crippen LogP contribution < -0.4 is 16.4 Å². The van der Waals surface area contributed by atoms with Gasteiger partial charge in [-0.2, -0.15) is 0 Å². The quantitative estimate of drug-likeness (QED) is 0.765. The molecule has 0 spiro atoms. The van der Waals surface area contributed by atoms with Crippen molar-refractivity contribution in [3.63, 3.8) is 0 Å². The van der Waals surface area contributed by atoms with Crippen molar-refractivity contribution in [2.24, 2.45) is 5.73 Å². The maximum atomic E-state index is 12.0. The maximum Gasteiger partial charge on any atom is 0.318 e. The lowest BCUT2D eigenvalue weighted by Gasteiger charge is -2.17. The number of hydrogen-bond acceptors (Lipinski definition) is 4. The molecule has 0 aliphatic heterocycles. The Bertz CT molecular complexity index is 567. The Hall–Kier alpha value is -2.60. The van der Waals surface area contributed by atoms with E-state index >= 15 is 0 Å². The van der Waals surface area contributed by atoms with Crippen LogP contribution in [0.4, 0.5) is 4.79 Å². The fraction of sp³-hybridized carbons (Fsp3) is 0.143. The van der Waals surface area contributed by atoms with Gasteiger partial charge in [-0.1, -0.05) is 30.3 Å². The SMILES string of the molecule is NC(=O)NC(=O)[C@@H](NCc1ccco1)c1ccccc1. The molecule has 6 nitrogen and oxygen atoms in total.